The maximum absolute atomic E-state index is 12.5. The van der Waals surface area contributed by atoms with Gasteiger partial charge in [0.25, 0.3) is 5.91 Å². The van der Waals surface area contributed by atoms with E-state index in [1.165, 1.54) is 0 Å². The fourth-order valence-electron chi connectivity index (χ4n) is 2.35. The van der Waals surface area contributed by atoms with Gasteiger partial charge in [-0.05, 0) is 30.7 Å². The number of amides is 1. The first-order valence-electron chi connectivity index (χ1n) is 7.23. The quantitative estimate of drug-likeness (QED) is 0.921. The molecular weight excluding hydrogens is 294 g/mol. The zero-order valence-corrected chi connectivity index (χ0v) is 13.8. The number of nitrogens with zero attached hydrogens (tertiary/aromatic N) is 1. The number of ether oxygens (including phenoxy) is 2. The van der Waals surface area contributed by atoms with Crippen LogP contribution in [0.15, 0.2) is 36.4 Å². The summed E-state index contributed by atoms with van der Waals surface area (Å²) in [5, 5.41) is 10.1. The molecule has 0 unspecified atom stereocenters. The van der Waals surface area contributed by atoms with E-state index >= 15 is 0 Å². The van der Waals surface area contributed by atoms with Gasteiger partial charge in [0.15, 0.2) is 0 Å². The van der Waals surface area contributed by atoms with Gasteiger partial charge in [0.2, 0.25) is 0 Å². The second-order valence-corrected chi connectivity index (χ2v) is 5.31. The Balaban J connectivity index is 2.23. The molecule has 0 aliphatic rings. The van der Waals surface area contributed by atoms with E-state index in [2.05, 4.69) is 0 Å². The number of phenolic OH excluding ortho intramolecular Hbond substituents is 1. The lowest BCUT2D eigenvalue weighted by atomic mass is 10.1. The van der Waals surface area contributed by atoms with Crippen LogP contribution in [0.4, 0.5) is 0 Å². The number of phenols is 1. The zero-order chi connectivity index (χ0) is 17.0. The van der Waals surface area contributed by atoms with Gasteiger partial charge in [0, 0.05) is 25.2 Å². The Hall–Kier alpha value is -2.69. The smallest absolute Gasteiger partial charge is 0.257 e. The van der Waals surface area contributed by atoms with Crippen molar-refractivity contribution in [1.82, 2.24) is 4.90 Å². The molecule has 0 aromatic heterocycles. The van der Waals surface area contributed by atoms with Gasteiger partial charge in [-0.1, -0.05) is 12.1 Å². The Bertz CT molecular complexity index is 712. The van der Waals surface area contributed by atoms with E-state index in [0.717, 1.165) is 5.56 Å². The number of hydrogen-bond donors (Lipinski definition) is 1. The molecule has 0 aliphatic heterocycles. The molecule has 5 heteroatoms. The lowest BCUT2D eigenvalue weighted by Crippen LogP contribution is -2.26. The van der Waals surface area contributed by atoms with E-state index in [1.54, 1.807) is 57.4 Å². The highest BCUT2D eigenvalue weighted by molar-refractivity contribution is 5.97. The molecule has 122 valence electrons. The third-order valence-corrected chi connectivity index (χ3v) is 3.72. The Kier molecular flexibility index (Phi) is 5.11. The molecular formula is C18H21NO4. The molecule has 0 bridgehead atoms. The van der Waals surface area contributed by atoms with E-state index in [0.29, 0.717) is 29.2 Å². The number of rotatable bonds is 5. The number of benzene rings is 2. The van der Waals surface area contributed by atoms with E-state index < -0.39 is 0 Å². The summed E-state index contributed by atoms with van der Waals surface area (Å²) in [6, 6.07) is 10.6. The second-order valence-electron chi connectivity index (χ2n) is 5.31. The molecule has 5 nitrogen and oxygen atoms in total. The van der Waals surface area contributed by atoms with Gasteiger partial charge in [-0.25, -0.2) is 0 Å². The maximum Gasteiger partial charge on any atom is 0.257 e. The van der Waals surface area contributed by atoms with Gasteiger partial charge in [-0.15, -0.1) is 0 Å². The average Bonchev–Trinajstić information content (AvgIpc) is 2.57. The number of carbonyl (C=O) groups excluding carboxylic acids is 1. The molecule has 1 amide bonds. The van der Waals surface area contributed by atoms with Crippen LogP contribution in [0.25, 0.3) is 0 Å². The molecule has 1 N–H and O–H groups in total. The molecule has 2 aromatic rings. The SMILES string of the molecule is COc1ccc(CN(C)C(=O)c2cccc(C)c2O)c(OC)c1. The molecule has 0 saturated carbocycles. The summed E-state index contributed by atoms with van der Waals surface area (Å²) in [6.07, 6.45) is 0. The number of para-hydroxylation sites is 1. The Labute approximate surface area is 136 Å². The normalized spacial score (nSPS) is 10.3. The highest BCUT2D eigenvalue weighted by Crippen LogP contribution is 2.27. The van der Waals surface area contributed by atoms with Crippen molar-refractivity contribution >= 4 is 5.91 Å². The van der Waals surface area contributed by atoms with Crippen molar-refractivity contribution in [3.05, 3.63) is 53.1 Å². The molecule has 2 rings (SSSR count). The highest BCUT2D eigenvalue weighted by Gasteiger charge is 2.18. The van der Waals surface area contributed by atoms with Gasteiger partial charge in [-0.3, -0.25) is 4.79 Å². The summed E-state index contributed by atoms with van der Waals surface area (Å²) in [7, 11) is 4.85. The molecule has 0 spiro atoms. The number of methoxy groups -OCH3 is 2. The minimum absolute atomic E-state index is 0.0195. The van der Waals surface area contributed by atoms with Crippen molar-refractivity contribution < 1.29 is 19.4 Å². The Morgan fingerprint density at radius 2 is 1.91 bits per heavy atom. The Morgan fingerprint density at radius 1 is 1.17 bits per heavy atom. The summed E-state index contributed by atoms with van der Waals surface area (Å²) in [5.74, 6) is 1.11. The van der Waals surface area contributed by atoms with Crippen molar-refractivity contribution in [2.75, 3.05) is 21.3 Å². The number of aromatic hydroxyl groups is 1. The molecule has 0 radical (unpaired) electrons. The van der Waals surface area contributed by atoms with Crippen LogP contribution in [-0.4, -0.2) is 37.2 Å². The van der Waals surface area contributed by atoms with Crippen LogP contribution in [0.1, 0.15) is 21.5 Å². The van der Waals surface area contributed by atoms with Crippen LogP contribution in [-0.2, 0) is 6.54 Å². The van der Waals surface area contributed by atoms with Gasteiger partial charge >= 0.3 is 0 Å². The highest BCUT2D eigenvalue weighted by atomic mass is 16.5. The van der Waals surface area contributed by atoms with Crippen molar-refractivity contribution in [1.29, 1.82) is 0 Å². The fraction of sp³-hybridized carbons (Fsp3) is 0.278. The van der Waals surface area contributed by atoms with Crippen molar-refractivity contribution in [3.8, 4) is 17.2 Å². The van der Waals surface area contributed by atoms with Crippen LogP contribution in [0.5, 0.6) is 17.2 Å². The minimum atomic E-state index is -0.246. The van der Waals surface area contributed by atoms with E-state index in [4.69, 9.17) is 9.47 Å². The molecule has 2 aromatic carbocycles. The van der Waals surface area contributed by atoms with Crippen LogP contribution in [0.3, 0.4) is 0 Å². The lowest BCUT2D eigenvalue weighted by Gasteiger charge is -2.20. The summed E-state index contributed by atoms with van der Waals surface area (Å²) in [6.45, 7) is 2.12. The lowest BCUT2D eigenvalue weighted by molar-refractivity contribution is 0.0781. The van der Waals surface area contributed by atoms with Crippen molar-refractivity contribution in [2.24, 2.45) is 0 Å². The van der Waals surface area contributed by atoms with Crippen LogP contribution in [0.2, 0.25) is 0 Å². The largest absolute Gasteiger partial charge is 0.507 e. The van der Waals surface area contributed by atoms with E-state index in [9.17, 15) is 9.90 Å². The first kappa shape index (κ1) is 16.7. The molecule has 23 heavy (non-hydrogen) atoms. The predicted octanol–water partition coefficient (Wildman–Crippen LogP) is 2.99. The number of hydrogen-bond acceptors (Lipinski definition) is 4. The molecule has 0 aliphatic carbocycles. The minimum Gasteiger partial charge on any atom is -0.507 e. The predicted molar refractivity (Wildman–Crippen MR) is 88.2 cm³/mol. The van der Waals surface area contributed by atoms with Crippen LogP contribution >= 0.6 is 0 Å². The topological polar surface area (TPSA) is 59.0 Å². The number of aryl methyl sites for hydroxylation is 1. The Morgan fingerprint density at radius 3 is 2.57 bits per heavy atom. The van der Waals surface area contributed by atoms with Gasteiger partial charge in [-0.2, -0.15) is 0 Å². The zero-order valence-electron chi connectivity index (χ0n) is 13.8. The monoisotopic (exact) mass is 315 g/mol. The van der Waals surface area contributed by atoms with Crippen LogP contribution < -0.4 is 9.47 Å². The summed E-state index contributed by atoms with van der Waals surface area (Å²) in [4.78, 5) is 14.1. The molecule has 0 heterocycles. The summed E-state index contributed by atoms with van der Waals surface area (Å²) >= 11 is 0. The maximum atomic E-state index is 12.5. The number of carbonyl (C=O) groups is 1. The van der Waals surface area contributed by atoms with Crippen LogP contribution in [0, 0.1) is 6.92 Å². The van der Waals surface area contributed by atoms with Crippen molar-refractivity contribution in [3.63, 3.8) is 0 Å². The second kappa shape index (κ2) is 7.05. The van der Waals surface area contributed by atoms with Gasteiger partial charge in [0.05, 0.1) is 19.8 Å². The average molecular weight is 315 g/mol. The van der Waals surface area contributed by atoms with E-state index in [1.807, 2.05) is 12.1 Å². The fourth-order valence-corrected chi connectivity index (χ4v) is 2.35. The third kappa shape index (κ3) is 3.56. The first-order chi connectivity index (χ1) is 11.0. The molecule has 0 fully saturated rings. The molecule has 0 saturated heterocycles. The van der Waals surface area contributed by atoms with E-state index in [-0.39, 0.29) is 11.7 Å². The van der Waals surface area contributed by atoms with Gasteiger partial charge in [0.1, 0.15) is 17.2 Å². The van der Waals surface area contributed by atoms with Crippen molar-refractivity contribution in [2.45, 2.75) is 13.5 Å². The summed E-state index contributed by atoms with van der Waals surface area (Å²) < 4.78 is 10.5. The third-order valence-electron chi connectivity index (χ3n) is 3.72. The molecule has 0 atom stereocenters. The summed E-state index contributed by atoms with van der Waals surface area (Å²) in [5.41, 5.74) is 1.82. The first-order valence-corrected chi connectivity index (χ1v) is 7.23. The standard InChI is InChI=1S/C18H21NO4/c1-12-6-5-7-15(17(12)20)18(21)19(2)11-13-8-9-14(22-3)10-16(13)23-4/h5-10,20H,11H2,1-4H3. The van der Waals surface area contributed by atoms with Gasteiger partial charge < -0.3 is 19.5 Å².